The molecule has 0 bridgehead atoms. The zero-order chi connectivity index (χ0) is 15.0. The third-order valence-electron chi connectivity index (χ3n) is 3.37. The van der Waals surface area contributed by atoms with Crippen molar-refractivity contribution < 1.29 is 13.2 Å². The van der Waals surface area contributed by atoms with Crippen LogP contribution in [-0.2, 0) is 6.18 Å². The Kier molecular flexibility index (Phi) is 3.41. The number of nitrogens with one attached hydrogen (secondary N) is 1. The fourth-order valence-electron chi connectivity index (χ4n) is 2.41. The fourth-order valence-corrected chi connectivity index (χ4v) is 2.72. The van der Waals surface area contributed by atoms with Crippen molar-refractivity contribution in [2.24, 2.45) is 0 Å². The molecule has 0 aromatic heterocycles. The molecule has 1 aliphatic rings. The van der Waals surface area contributed by atoms with E-state index in [0.29, 0.717) is 5.70 Å². The molecule has 1 unspecified atom stereocenters. The lowest BCUT2D eigenvalue weighted by atomic mass is 9.97. The number of benzene rings is 2. The molecule has 21 heavy (non-hydrogen) atoms. The number of fused-ring (bicyclic) bond motifs is 1. The van der Waals surface area contributed by atoms with Gasteiger partial charge in [-0.25, -0.2) is 0 Å². The van der Waals surface area contributed by atoms with Gasteiger partial charge in [0.25, 0.3) is 0 Å². The van der Waals surface area contributed by atoms with Crippen molar-refractivity contribution in [3.8, 4) is 0 Å². The Morgan fingerprint density at radius 1 is 0.952 bits per heavy atom. The Morgan fingerprint density at radius 3 is 2.38 bits per heavy atom. The maximum Gasteiger partial charge on any atom is 0.417 e. The average Bonchev–Trinajstić information content (AvgIpc) is 2.46. The van der Waals surface area contributed by atoms with Crippen molar-refractivity contribution >= 4 is 23.4 Å². The second-order valence-corrected chi connectivity index (χ2v) is 5.17. The minimum atomic E-state index is -4.40. The number of alkyl halides is 4. The molecule has 1 heterocycles. The monoisotopic (exact) mass is 309 g/mol. The molecule has 1 N–H and O–H groups in total. The first-order chi connectivity index (χ1) is 9.97. The number of halogens is 4. The van der Waals surface area contributed by atoms with E-state index in [9.17, 15) is 13.2 Å². The van der Waals surface area contributed by atoms with E-state index < -0.39 is 17.2 Å². The highest BCUT2D eigenvalue weighted by Gasteiger charge is 2.34. The SMILES string of the molecule is FC(F)(F)c1ccccc1C1=Cc2ccccc2C(Cl)N1. The first-order valence-electron chi connectivity index (χ1n) is 6.34. The van der Waals surface area contributed by atoms with Gasteiger partial charge in [0.05, 0.1) is 5.56 Å². The maximum absolute atomic E-state index is 13.1. The Labute approximate surface area is 125 Å². The quantitative estimate of drug-likeness (QED) is 0.574. The van der Waals surface area contributed by atoms with Gasteiger partial charge in [-0.05, 0) is 23.3 Å². The van der Waals surface area contributed by atoms with E-state index in [-0.39, 0.29) is 5.56 Å². The van der Waals surface area contributed by atoms with Crippen molar-refractivity contribution in [1.82, 2.24) is 5.32 Å². The highest BCUT2D eigenvalue weighted by Crippen LogP contribution is 2.38. The fraction of sp³-hybridized carbons (Fsp3) is 0.125. The average molecular weight is 310 g/mol. The van der Waals surface area contributed by atoms with Gasteiger partial charge >= 0.3 is 6.18 Å². The van der Waals surface area contributed by atoms with Crippen LogP contribution in [0.25, 0.3) is 11.8 Å². The molecular weight excluding hydrogens is 299 g/mol. The standard InChI is InChI=1S/C16H11ClF3N/c17-15-11-6-2-1-5-10(11)9-14(21-15)12-7-3-4-8-13(12)16(18,19)20/h1-9,15,21H. The van der Waals surface area contributed by atoms with E-state index in [0.717, 1.165) is 17.2 Å². The van der Waals surface area contributed by atoms with Crippen molar-refractivity contribution in [1.29, 1.82) is 0 Å². The number of hydrogen-bond acceptors (Lipinski definition) is 1. The summed E-state index contributed by atoms with van der Waals surface area (Å²) in [5.41, 5.74) is 0.928. The lowest BCUT2D eigenvalue weighted by molar-refractivity contribution is -0.137. The van der Waals surface area contributed by atoms with Crippen molar-refractivity contribution in [2.45, 2.75) is 11.7 Å². The van der Waals surface area contributed by atoms with Crippen LogP contribution in [0.3, 0.4) is 0 Å². The molecule has 1 atom stereocenters. The summed E-state index contributed by atoms with van der Waals surface area (Å²) in [6.07, 6.45) is -2.71. The second kappa shape index (κ2) is 5.11. The predicted molar refractivity (Wildman–Crippen MR) is 77.5 cm³/mol. The summed E-state index contributed by atoms with van der Waals surface area (Å²) in [6.45, 7) is 0. The molecule has 3 rings (SSSR count). The molecule has 108 valence electrons. The summed E-state index contributed by atoms with van der Waals surface area (Å²) in [4.78, 5) is 0. The minimum Gasteiger partial charge on any atom is -0.365 e. The Morgan fingerprint density at radius 2 is 1.62 bits per heavy atom. The third-order valence-corrected chi connectivity index (χ3v) is 3.72. The van der Waals surface area contributed by atoms with Gasteiger partial charge in [-0.1, -0.05) is 54.1 Å². The first kappa shape index (κ1) is 14.0. The molecular formula is C16H11ClF3N. The molecule has 0 fully saturated rings. The molecule has 1 aliphatic heterocycles. The summed E-state index contributed by atoms with van der Waals surface area (Å²) in [7, 11) is 0. The number of hydrogen-bond donors (Lipinski definition) is 1. The van der Waals surface area contributed by atoms with Crippen LogP contribution < -0.4 is 5.32 Å². The van der Waals surface area contributed by atoms with Crippen LogP contribution in [-0.4, -0.2) is 0 Å². The van der Waals surface area contributed by atoms with Gasteiger partial charge in [-0.15, -0.1) is 0 Å². The molecule has 5 heteroatoms. The Bertz CT molecular complexity index is 707. The molecule has 1 nitrogen and oxygen atoms in total. The molecule has 0 aliphatic carbocycles. The van der Waals surface area contributed by atoms with Gasteiger partial charge in [0.15, 0.2) is 0 Å². The van der Waals surface area contributed by atoms with Crippen LogP contribution in [0.5, 0.6) is 0 Å². The minimum absolute atomic E-state index is 0.102. The summed E-state index contributed by atoms with van der Waals surface area (Å²) in [5.74, 6) is 0. The molecule has 2 aromatic carbocycles. The lowest BCUT2D eigenvalue weighted by Gasteiger charge is -2.25. The van der Waals surface area contributed by atoms with E-state index in [1.165, 1.54) is 12.1 Å². The van der Waals surface area contributed by atoms with E-state index in [1.54, 1.807) is 12.1 Å². The highest BCUT2D eigenvalue weighted by atomic mass is 35.5. The number of rotatable bonds is 1. The van der Waals surface area contributed by atoms with E-state index >= 15 is 0 Å². The Hall–Kier alpha value is -1.94. The zero-order valence-corrected chi connectivity index (χ0v) is 11.5. The third kappa shape index (κ3) is 2.63. The molecule has 0 spiro atoms. The first-order valence-corrected chi connectivity index (χ1v) is 6.78. The van der Waals surface area contributed by atoms with Gasteiger partial charge in [-0.2, -0.15) is 13.2 Å². The van der Waals surface area contributed by atoms with Crippen molar-refractivity contribution in [2.75, 3.05) is 0 Å². The smallest absolute Gasteiger partial charge is 0.365 e. The van der Waals surface area contributed by atoms with Crippen molar-refractivity contribution in [3.63, 3.8) is 0 Å². The predicted octanol–water partition coefficient (Wildman–Crippen LogP) is 5.04. The molecule has 0 saturated carbocycles. The van der Waals surface area contributed by atoms with Gasteiger partial charge in [-0.3, -0.25) is 0 Å². The van der Waals surface area contributed by atoms with Crippen LogP contribution in [0.4, 0.5) is 13.2 Å². The summed E-state index contributed by atoms with van der Waals surface area (Å²) in [6, 6.07) is 12.8. The highest BCUT2D eigenvalue weighted by molar-refractivity contribution is 6.21. The Balaban J connectivity index is 2.13. The van der Waals surface area contributed by atoms with E-state index in [4.69, 9.17) is 11.6 Å². The molecule has 0 radical (unpaired) electrons. The van der Waals surface area contributed by atoms with Gasteiger partial charge in [0, 0.05) is 11.3 Å². The van der Waals surface area contributed by atoms with E-state index in [2.05, 4.69) is 5.32 Å². The van der Waals surface area contributed by atoms with E-state index in [1.807, 2.05) is 24.3 Å². The van der Waals surface area contributed by atoms with Gasteiger partial charge in [0.2, 0.25) is 0 Å². The second-order valence-electron chi connectivity index (χ2n) is 4.74. The lowest BCUT2D eigenvalue weighted by Crippen LogP contribution is -2.22. The van der Waals surface area contributed by atoms with Crippen molar-refractivity contribution in [3.05, 3.63) is 70.8 Å². The van der Waals surface area contributed by atoms with Gasteiger partial charge < -0.3 is 5.32 Å². The van der Waals surface area contributed by atoms with Crippen LogP contribution in [0, 0.1) is 0 Å². The summed E-state index contributed by atoms with van der Waals surface area (Å²) in [5, 5.41) is 2.93. The summed E-state index contributed by atoms with van der Waals surface area (Å²) >= 11 is 6.23. The molecule has 2 aromatic rings. The van der Waals surface area contributed by atoms with Crippen LogP contribution in [0.1, 0.15) is 27.8 Å². The van der Waals surface area contributed by atoms with Crippen LogP contribution in [0.2, 0.25) is 0 Å². The molecule has 0 amide bonds. The normalized spacial score (nSPS) is 17.7. The van der Waals surface area contributed by atoms with Crippen LogP contribution >= 0.6 is 11.6 Å². The largest absolute Gasteiger partial charge is 0.417 e. The topological polar surface area (TPSA) is 12.0 Å². The summed E-state index contributed by atoms with van der Waals surface area (Å²) < 4.78 is 39.3. The maximum atomic E-state index is 13.1. The molecule has 0 saturated heterocycles. The van der Waals surface area contributed by atoms with Gasteiger partial charge in [0.1, 0.15) is 5.50 Å². The zero-order valence-electron chi connectivity index (χ0n) is 10.8. The van der Waals surface area contributed by atoms with Crippen LogP contribution in [0.15, 0.2) is 48.5 Å².